The highest BCUT2D eigenvalue weighted by atomic mass is 32.2. The van der Waals surface area contributed by atoms with Gasteiger partial charge >= 0.3 is 11.5 Å². The molecule has 0 aromatic heterocycles. The fraction of sp³-hybridized carbons (Fsp3) is 0.800. The Hall–Kier alpha value is -1.13. The number of quaternary nitrogens is 1. The van der Waals surface area contributed by atoms with Crippen molar-refractivity contribution < 1.29 is 40.2 Å². The maximum atomic E-state index is 11.0. The van der Waals surface area contributed by atoms with Crippen LogP contribution in [0.2, 0.25) is 0 Å². The third-order valence-corrected chi connectivity index (χ3v) is 4.00. The van der Waals surface area contributed by atoms with Gasteiger partial charge in [0.25, 0.3) is 0 Å². The van der Waals surface area contributed by atoms with Crippen molar-refractivity contribution in [3.63, 3.8) is 0 Å². The van der Waals surface area contributed by atoms with Gasteiger partial charge in [-0.25, -0.2) is 13.2 Å². The minimum Gasteiger partial charge on any atom is -0.741 e. The Kier molecular flexibility index (Phi) is 12.8. The zero-order chi connectivity index (χ0) is 20.1. The van der Waals surface area contributed by atoms with E-state index in [2.05, 4.69) is 27.5 Å². The number of hydrogen-bond acceptors (Lipinski definition) is 5. The molecule has 0 amide bonds. The second kappa shape index (κ2) is 12.3. The lowest BCUT2D eigenvalue weighted by atomic mass is 10.2. The van der Waals surface area contributed by atoms with Crippen LogP contribution in [0.15, 0.2) is 12.7 Å². The van der Waals surface area contributed by atoms with E-state index in [-0.39, 0.29) is 5.97 Å². The lowest BCUT2D eigenvalue weighted by molar-refractivity contribution is -0.910. The highest BCUT2D eigenvalue weighted by molar-refractivity contribution is 7.86. The number of carbonyl (C=O) groups excluding carboxylic acids is 1. The van der Waals surface area contributed by atoms with Crippen LogP contribution in [0.25, 0.3) is 0 Å². The lowest BCUT2D eigenvalue weighted by Gasteiger charge is -2.34. The molecule has 0 atom stereocenters. The predicted octanol–water partition coefficient (Wildman–Crippen LogP) is 2.81. The highest BCUT2D eigenvalue weighted by Crippen LogP contribution is 2.20. The van der Waals surface area contributed by atoms with E-state index in [1.54, 1.807) is 0 Å². The maximum absolute atomic E-state index is 11.0. The first-order chi connectivity index (χ1) is 11.3. The smallest absolute Gasteiger partial charge is 0.485 e. The first-order valence-corrected chi connectivity index (χ1v) is 9.38. The summed E-state index contributed by atoms with van der Waals surface area (Å²) < 4.78 is 65.0. The molecule has 0 aliphatic heterocycles. The summed E-state index contributed by atoms with van der Waals surface area (Å²) in [6, 6.07) is 0. The number of halogens is 3. The van der Waals surface area contributed by atoms with Crippen LogP contribution in [-0.4, -0.2) is 62.2 Å². The first kappa shape index (κ1) is 26.1. The van der Waals surface area contributed by atoms with E-state index in [1.165, 1.54) is 44.8 Å². The van der Waals surface area contributed by atoms with Crippen LogP contribution in [0.4, 0.5) is 13.2 Å². The van der Waals surface area contributed by atoms with E-state index < -0.39 is 15.6 Å². The van der Waals surface area contributed by atoms with Crippen LogP contribution in [0.1, 0.15) is 39.5 Å². The van der Waals surface area contributed by atoms with Crippen LogP contribution in [0, 0.1) is 0 Å². The monoisotopic (exact) mass is 391 g/mol. The second-order valence-corrected chi connectivity index (χ2v) is 7.14. The number of rotatable bonds is 10. The summed E-state index contributed by atoms with van der Waals surface area (Å²) in [5.74, 6) is -0.317. The van der Waals surface area contributed by atoms with Crippen LogP contribution < -0.4 is 0 Å². The molecule has 0 saturated heterocycles. The van der Waals surface area contributed by atoms with E-state index in [9.17, 15) is 18.0 Å². The largest absolute Gasteiger partial charge is 0.741 e. The van der Waals surface area contributed by atoms with Crippen molar-refractivity contribution in [1.82, 2.24) is 0 Å². The molecule has 6 nitrogen and oxygen atoms in total. The summed E-state index contributed by atoms with van der Waals surface area (Å²) in [7, 11) is -3.83. The standard InChI is InChI=1S/C14H28NO2.CHF3O3S/c1-5-8-10-15(4,11-9-6-2)12-13-17-14(16)7-3;2-1(3,4)8(5,6)7/h7H,3,5-6,8-13H2,1-2,4H3;(H,5,6,7)/q+1;/p-1. The SMILES string of the molecule is C=CC(=O)OCC[N+](C)(CCCC)CCCC.O=S(=O)([O-])C(F)(F)F. The molecule has 0 fully saturated rings. The molecule has 0 aromatic rings. The molecule has 0 saturated carbocycles. The number of esters is 1. The Bertz CT molecular complexity index is 484. The van der Waals surface area contributed by atoms with E-state index in [0.29, 0.717) is 6.61 Å². The molecule has 0 radical (unpaired) electrons. The summed E-state index contributed by atoms with van der Waals surface area (Å²) in [5, 5.41) is 0. The molecular formula is C15H28F3NO5S. The number of unbranched alkanes of at least 4 members (excludes halogenated alkanes) is 2. The fourth-order valence-corrected chi connectivity index (χ4v) is 1.84. The summed E-state index contributed by atoms with van der Waals surface area (Å²) >= 11 is 0. The average Bonchev–Trinajstić information content (AvgIpc) is 2.49. The molecule has 0 unspecified atom stereocenters. The van der Waals surface area contributed by atoms with Gasteiger partial charge in [0.15, 0.2) is 10.1 Å². The molecule has 0 rings (SSSR count). The van der Waals surface area contributed by atoms with Crippen LogP contribution >= 0.6 is 0 Å². The van der Waals surface area contributed by atoms with Gasteiger partial charge in [0.05, 0.1) is 20.1 Å². The molecular weight excluding hydrogens is 363 g/mol. The minimum atomic E-state index is -6.09. The molecule has 0 bridgehead atoms. The number of hydrogen-bond donors (Lipinski definition) is 0. The number of ether oxygens (including phenoxy) is 1. The number of nitrogens with zero attached hydrogens (tertiary/aromatic N) is 1. The van der Waals surface area contributed by atoms with E-state index >= 15 is 0 Å². The van der Waals surface area contributed by atoms with Crippen molar-refractivity contribution >= 4 is 16.1 Å². The van der Waals surface area contributed by atoms with Gasteiger partial charge < -0.3 is 13.8 Å². The van der Waals surface area contributed by atoms with Crippen molar-refractivity contribution in [3.05, 3.63) is 12.7 Å². The van der Waals surface area contributed by atoms with Gasteiger partial charge in [-0.05, 0) is 12.8 Å². The van der Waals surface area contributed by atoms with Gasteiger partial charge in [0.2, 0.25) is 0 Å². The first-order valence-electron chi connectivity index (χ1n) is 7.98. The zero-order valence-corrected chi connectivity index (χ0v) is 15.8. The fourth-order valence-electron chi connectivity index (χ4n) is 1.84. The molecule has 10 heteroatoms. The second-order valence-electron chi connectivity index (χ2n) is 5.77. The molecule has 0 aromatic carbocycles. The summed E-state index contributed by atoms with van der Waals surface area (Å²) in [6.07, 6.45) is 6.12. The molecule has 0 aliphatic carbocycles. The van der Waals surface area contributed by atoms with Crippen molar-refractivity contribution in [2.75, 3.05) is 33.3 Å². The molecule has 0 aliphatic rings. The van der Waals surface area contributed by atoms with Crippen molar-refractivity contribution in [2.24, 2.45) is 0 Å². The van der Waals surface area contributed by atoms with Crippen LogP contribution in [0.3, 0.4) is 0 Å². The Morgan fingerprint density at radius 2 is 1.56 bits per heavy atom. The molecule has 25 heavy (non-hydrogen) atoms. The topological polar surface area (TPSA) is 83.5 Å². The lowest BCUT2D eigenvalue weighted by Crippen LogP contribution is -2.47. The number of likely N-dealkylation sites (N-methyl/N-ethyl adjacent to an activating group) is 1. The summed E-state index contributed by atoms with van der Waals surface area (Å²) in [4.78, 5) is 11.0. The highest BCUT2D eigenvalue weighted by Gasteiger charge is 2.36. The van der Waals surface area contributed by atoms with Crippen molar-refractivity contribution in [1.29, 1.82) is 0 Å². The van der Waals surface area contributed by atoms with Gasteiger partial charge in [-0.3, -0.25) is 0 Å². The van der Waals surface area contributed by atoms with Gasteiger partial charge in [0.1, 0.15) is 13.2 Å². The summed E-state index contributed by atoms with van der Waals surface area (Å²) in [6.45, 7) is 11.6. The quantitative estimate of drug-likeness (QED) is 0.188. The van der Waals surface area contributed by atoms with Crippen molar-refractivity contribution in [3.8, 4) is 0 Å². The van der Waals surface area contributed by atoms with E-state index in [0.717, 1.165) is 11.0 Å². The molecule has 0 heterocycles. The molecule has 150 valence electrons. The number of alkyl halides is 3. The minimum absolute atomic E-state index is 0.317. The van der Waals surface area contributed by atoms with E-state index in [1.807, 2.05) is 0 Å². The van der Waals surface area contributed by atoms with Gasteiger partial charge in [0, 0.05) is 6.08 Å². The van der Waals surface area contributed by atoms with Gasteiger partial charge in [-0.2, -0.15) is 13.2 Å². The predicted molar refractivity (Wildman–Crippen MR) is 87.5 cm³/mol. The van der Waals surface area contributed by atoms with Gasteiger partial charge in [-0.1, -0.05) is 33.3 Å². The molecule has 0 N–H and O–H groups in total. The number of carbonyl (C=O) groups is 1. The van der Waals surface area contributed by atoms with Crippen LogP contribution in [-0.2, 0) is 19.6 Å². The third kappa shape index (κ3) is 13.8. The average molecular weight is 391 g/mol. The Morgan fingerprint density at radius 3 is 1.84 bits per heavy atom. The van der Waals surface area contributed by atoms with Crippen LogP contribution in [0.5, 0.6) is 0 Å². The Balaban J connectivity index is 0. The Morgan fingerprint density at radius 1 is 1.16 bits per heavy atom. The van der Waals surface area contributed by atoms with Gasteiger partial charge in [-0.15, -0.1) is 0 Å². The van der Waals surface area contributed by atoms with E-state index in [4.69, 9.17) is 17.7 Å². The summed E-state index contributed by atoms with van der Waals surface area (Å²) in [5.41, 5.74) is -5.65. The normalized spacial score (nSPS) is 12.1. The zero-order valence-electron chi connectivity index (χ0n) is 15.0. The third-order valence-electron chi connectivity index (χ3n) is 3.43. The van der Waals surface area contributed by atoms with Crippen molar-refractivity contribution in [2.45, 2.75) is 45.0 Å². The molecule has 0 spiro atoms. The Labute approximate surface area is 148 Å². The maximum Gasteiger partial charge on any atom is 0.485 e.